The van der Waals surface area contributed by atoms with Gasteiger partial charge in [-0.3, -0.25) is 24.0 Å². The Labute approximate surface area is 240 Å². The van der Waals surface area contributed by atoms with E-state index in [0.717, 1.165) is 32.1 Å². The Hall–Kier alpha value is -3.11. The van der Waals surface area contributed by atoms with Crippen LogP contribution in [0.5, 0.6) is 0 Å². The number of hydrogen-bond donors (Lipinski definition) is 4. The fourth-order valence-electron chi connectivity index (χ4n) is 5.97. The number of carbonyl (C=O) groups excluding carboxylic acids is 5. The summed E-state index contributed by atoms with van der Waals surface area (Å²) >= 11 is 12.5. The summed E-state index contributed by atoms with van der Waals surface area (Å²) in [7, 11) is 0. The first-order valence-electron chi connectivity index (χ1n) is 13.8. The Balaban J connectivity index is 1.24. The van der Waals surface area contributed by atoms with Crippen molar-refractivity contribution >= 4 is 63.5 Å². The molecule has 0 unspecified atom stereocenters. The molecule has 12 heteroatoms. The number of aromatic amines is 1. The fraction of sp³-hybridized carbons (Fsp3) is 0.536. The molecule has 10 nitrogen and oxygen atoms in total. The lowest BCUT2D eigenvalue weighted by molar-refractivity contribution is -0.141. The SMILES string of the molecule is O=C(NC1CC1)C(=O)[C@H](C[C@@H]1CCNC1=O)NC(=O)[C@@H]1CC2(CCN1C(=O)c1cc3c(Cl)cc(Cl)cc3[nH]1)CC2. The summed E-state index contributed by atoms with van der Waals surface area (Å²) in [6.45, 7) is 0.867. The highest BCUT2D eigenvalue weighted by atomic mass is 35.5. The number of carbonyl (C=O) groups is 5. The van der Waals surface area contributed by atoms with Gasteiger partial charge in [-0.25, -0.2) is 0 Å². The monoisotopic (exact) mass is 587 g/mol. The molecular weight excluding hydrogens is 557 g/mol. The van der Waals surface area contributed by atoms with E-state index in [1.54, 1.807) is 18.2 Å². The van der Waals surface area contributed by atoms with Crippen LogP contribution in [-0.2, 0) is 19.2 Å². The van der Waals surface area contributed by atoms with Crippen LogP contribution in [0.4, 0.5) is 0 Å². The molecule has 2 saturated heterocycles. The normalized spacial score (nSPS) is 24.1. The molecule has 0 radical (unpaired) electrons. The van der Waals surface area contributed by atoms with Gasteiger partial charge in [0.05, 0.1) is 11.1 Å². The maximum Gasteiger partial charge on any atom is 0.289 e. The van der Waals surface area contributed by atoms with E-state index in [4.69, 9.17) is 23.2 Å². The maximum absolute atomic E-state index is 13.8. The van der Waals surface area contributed by atoms with E-state index in [2.05, 4.69) is 20.9 Å². The predicted octanol–water partition coefficient (Wildman–Crippen LogP) is 2.72. The van der Waals surface area contributed by atoms with Gasteiger partial charge in [0.25, 0.3) is 11.8 Å². The van der Waals surface area contributed by atoms with E-state index >= 15 is 0 Å². The van der Waals surface area contributed by atoms with Gasteiger partial charge < -0.3 is 25.8 Å². The third-order valence-corrected chi connectivity index (χ3v) is 9.27. The Bertz CT molecular complexity index is 1420. The topological polar surface area (TPSA) is 140 Å². The van der Waals surface area contributed by atoms with E-state index in [-0.39, 0.29) is 35.4 Å². The molecular formula is C28H31Cl2N5O5. The van der Waals surface area contributed by atoms with Crippen molar-refractivity contribution in [2.24, 2.45) is 11.3 Å². The van der Waals surface area contributed by atoms with Crippen LogP contribution >= 0.6 is 23.2 Å². The van der Waals surface area contributed by atoms with Gasteiger partial charge in [-0.2, -0.15) is 0 Å². The second-order valence-corrected chi connectivity index (χ2v) is 12.5. The molecule has 2 aromatic rings. The lowest BCUT2D eigenvalue weighted by Crippen LogP contribution is -2.58. The standard InChI is InChI=1S/C28H31Cl2N5O5/c29-15-10-18(30)17-12-21(33-19(17)11-15)27(40)35-8-6-28(4-5-28)13-22(35)25(38)34-20(9-14-3-7-31-24(14)37)23(36)26(39)32-16-1-2-16/h10-12,14,16,20,22,33H,1-9,13H2,(H,31,37)(H,32,39)(H,34,38)/t14-,20-,22-/m0/s1. The number of fused-ring (bicyclic) bond motifs is 1. The Morgan fingerprint density at radius 1 is 1.07 bits per heavy atom. The van der Waals surface area contributed by atoms with E-state index in [1.807, 2.05) is 0 Å². The molecule has 3 heterocycles. The molecule has 1 aromatic heterocycles. The highest BCUT2D eigenvalue weighted by Gasteiger charge is 2.51. The van der Waals surface area contributed by atoms with Crippen molar-refractivity contribution in [2.75, 3.05) is 13.1 Å². The second kappa shape index (κ2) is 10.4. The minimum atomic E-state index is -1.16. The summed E-state index contributed by atoms with van der Waals surface area (Å²) in [6, 6.07) is 2.92. The number of H-pyrrole nitrogens is 1. The lowest BCUT2D eigenvalue weighted by Gasteiger charge is -2.39. The summed E-state index contributed by atoms with van der Waals surface area (Å²) < 4.78 is 0. The molecule has 6 rings (SSSR count). The number of nitrogens with zero attached hydrogens (tertiary/aromatic N) is 1. The summed E-state index contributed by atoms with van der Waals surface area (Å²) in [5.41, 5.74) is 0.895. The molecule has 1 spiro atoms. The molecule has 2 aliphatic carbocycles. The van der Waals surface area contributed by atoms with Crippen LogP contribution in [0.25, 0.3) is 10.9 Å². The van der Waals surface area contributed by atoms with E-state index in [1.165, 1.54) is 4.90 Å². The molecule has 4 aliphatic rings. The number of halogens is 2. The zero-order valence-corrected chi connectivity index (χ0v) is 23.4. The van der Waals surface area contributed by atoms with E-state index < -0.39 is 35.6 Å². The number of hydrogen-bond acceptors (Lipinski definition) is 5. The Kier molecular flexibility index (Phi) is 7.02. The number of aromatic nitrogens is 1. The van der Waals surface area contributed by atoms with Gasteiger partial charge in [-0.1, -0.05) is 23.2 Å². The lowest BCUT2D eigenvalue weighted by atomic mass is 9.86. The van der Waals surface area contributed by atoms with E-state index in [9.17, 15) is 24.0 Å². The van der Waals surface area contributed by atoms with Gasteiger partial charge >= 0.3 is 0 Å². The molecule has 4 fully saturated rings. The first-order valence-corrected chi connectivity index (χ1v) is 14.6. The zero-order chi connectivity index (χ0) is 28.2. The van der Waals surface area contributed by atoms with Crippen molar-refractivity contribution in [3.8, 4) is 0 Å². The summed E-state index contributed by atoms with van der Waals surface area (Å²) in [6.07, 6.45) is 5.39. The van der Waals surface area contributed by atoms with Crippen LogP contribution in [0, 0.1) is 11.3 Å². The number of nitrogens with one attached hydrogen (secondary N) is 4. The molecule has 4 N–H and O–H groups in total. The Morgan fingerprint density at radius 3 is 2.52 bits per heavy atom. The molecule has 4 amide bonds. The first kappa shape index (κ1) is 27.1. The van der Waals surface area contributed by atoms with Crippen molar-refractivity contribution in [3.05, 3.63) is 33.9 Å². The number of likely N-dealkylation sites (tertiary alicyclic amines) is 1. The van der Waals surface area contributed by atoms with Gasteiger partial charge in [0.1, 0.15) is 11.7 Å². The van der Waals surface area contributed by atoms with Crippen LogP contribution in [-0.4, -0.2) is 70.5 Å². The predicted molar refractivity (Wildman–Crippen MR) is 148 cm³/mol. The largest absolute Gasteiger partial charge is 0.356 e. The molecule has 0 bridgehead atoms. The minimum absolute atomic E-state index is 0.00423. The maximum atomic E-state index is 13.8. The van der Waals surface area contributed by atoms with Crippen LogP contribution in [0.15, 0.2) is 18.2 Å². The zero-order valence-electron chi connectivity index (χ0n) is 21.9. The number of amides is 4. The number of Topliss-reactive ketones (excluding diaryl/α,β-unsaturated/α-hetero) is 1. The van der Waals surface area contributed by atoms with Crippen molar-refractivity contribution < 1.29 is 24.0 Å². The number of rotatable bonds is 8. The number of ketones is 1. The first-order chi connectivity index (χ1) is 19.1. The minimum Gasteiger partial charge on any atom is -0.356 e. The molecule has 3 atom stereocenters. The van der Waals surface area contributed by atoms with Crippen molar-refractivity contribution in [1.82, 2.24) is 25.8 Å². The number of piperidine rings is 1. The van der Waals surface area contributed by atoms with Crippen molar-refractivity contribution in [1.29, 1.82) is 0 Å². The molecule has 212 valence electrons. The molecule has 1 aromatic carbocycles. The van der Waals surface area contributed by atoms with Crippen molar-refractivity contribution in [2.45, 2.75) is 69.5 Å². The fourth-order valence-corrected chi connectivity index (χ4v) is 6.52. The van der Waals surface area contributed by atoms with Crippen LogP contribution in [0.1, 0.15) is 61.9 Å². The van der Waals surface area contributed by atoms with Gasteiger partial charge in [0.15, 0.2) is 0 Å². The Morgan fingerprint density at radius 2 is 1.85 bits per heavy atom. The van der Waals surface area contributed by atoms with Gasteiger partial charge in [0.2, 0.25) is 17.6 Å². The van der Waals surface area contributed by atoms with Gasteiger partial charge in [0, 0.05) is 41.0 Å². The van der Waals surface area contributed by atoms with Crippen LogP contribution < -0.4 is 16.0 Å². The highest BCUT2D eigenvalue weighted by molar-refractivity contribution is 6.39. The van der Waals surface area contributed by atoms with Gasteiger partial charge in [-0.15, -0.1) is 0 Å². The third kappa shape index (κ3) is 5.43. The average Bonchev–Trinajstić information content (AvgIpc) is 3.80. The van der Waals surface area contributed by atoms with Crippen LogP contribution in [0.2, 0.25) is 10.0 Å². The third-order valence-electron chi connectivity index (χ3n) is 8.74. The number of benzene rings is 1. The summed E-state index contributed by atoms with van der Waals surface area (Å²) in [4.78, 5) is 70.3. The highest BCUT2D eigenvalue weighted by Crippen LogP contribution is 2.55. The van der Waals surface area contributed by atoms with Gasteiger partial charge in [-0.05, 0) is 75.0 Å². The molecule has 40 heavy (non-hydrogen) atoms. The molecule has 2 saturated carbocycles. The molecule has 2 aliphatic heterocycles. The summed E-state index contributed by atoms with van der Waals surface area (Å²) in [5.74, 6) is -3.05. The van der Waals surface area contributed by atoms with E-state index in [0.29, 0.717) is 46.9 Å². The van der Waals surface area contributed by atoms with Crippen molar-refractivity contribution in [3.63, 3.8) is 0 Å². The van der Waals surface area contributed by atoms with Crippen LogP contribution in [0.3, 0.4) is 0 Å². The second-order valence-electron chi connectivity index (χ2n) is 11.7. The average molecular weight is 588 g/mol. The smallest absolute Gasteiger partial charge is 0.289 e. The summed E-state index contributed by atoms with van der Waals surface area (Å²) in [5, 5.41) is 9.70. The quantitative estimate of drug-likeness (QED) is 0.351.